The van der Waals surface area contributed by atoms with Crippen molar-refractivity contribution < 1.29 is 9.53 Å². The van der Waals surface area contributed by atoms with E-state index < -0.39 is 0 Å². The Morgan fingerprint density at radius 3 is 2.69 bits per heavy atom. The highest BCUT2D eigenvalue weighted by Gasteiger charge is 2.29. The molecule has 1 aromatic rings. The molecule has 164 valence electrons. The van der Waals surface area contributed by atoms with Gasteiger partial charge in [0.25, 0.3) is 0 Å². The topological polar surface area (TPSA) is 66.7 Å². The van der Waals surface area contributed by atoms with Crippen LogP contribution in [0.15, 0.2) is 12.7 Å². The second-order valence-electron chi connectivity index (χ2n) is 8.41. The van der Waals surface area contributed by atoms with Crippen LogP contribution in [0.25, 0.3) is 0 Å². The number of carbonyl (C=O) groups is 1. The number of aryl methyl sites for hydroxylation is 1. The molecule has 29 heavy (non-hydrogen) atoms. The van der Waals surface area contributed by atoms with E-state index in [1.807, 2.05) is 0 Å². The summed E-state index contributed by atoms with van der Waals surface area (Å²) in [7, 11) is 1.76. The molecule has 0 N–H and O–H groups in total. The molecule has 1 aromatic heterocycles. The van der Waals surface area contributed by atoms with Crippen LogP contribution < -0.4 is 0 Å². The normalized spacial score (nSPS) is 21.7. The highest BCUT2D eigenvalue weighted by atomic mass is 16.5. The molecule has 0 saturated carbocycles. The first-order valence-corrected chi connectivity index (χ1v) is 11.2. The van der Waals surface area contributed by atoms with Crippen LogP contribution in [0.2, 0.25) is 0 Å². The number of likely N-dealkylation sites (N-methyl/N-ethyl adjacent to an activating group) is 1. The molecule has 8 heteroatoms. The van der Waals surface area contributed by atoms with Gasteiger partial charge in [-0.25, -0.2) is 4.98 Å². The highest BCUT2D eigenvalue weighted by Crippen LogP contribution is 2.22. The van der Waals surface area contributed by atoms with Crippen LogP contribution in [-0.2, 0) is 16.1 Å². The molecular weight excluding hydrogens is 368 g/mol. The van der Waals surface area contributed by atoms with Crippen molar-refractivity contribution in [1.82, 2.24) is 29.5 Å². The summed E-state index contributed by atoms with van der Waals surface area (Å²) in [5.74, 6) is 0.853. The lowest BCUT2D eigenvalue weighted by Gasteiger charge is -2.36. The quantitative estimate of drug-likeness (QED) is 0.553. The zero-order valence-corrected chi connectivity index (χ0v) is 18.2. The van der Waals surface area contributed by atoms with Crippen molar-refractivity contribution in [2.45, 2.75) is 51.6 Å². The first-order valence-electron chi connectivity index (χ1n) is 11.2. The average molecular weight is 407 g/mol. The van der Waals surface area contributed by atoms with Gasteiger partial charge in [-0.2, -0.15) is 5.10 Å². The largest absolute Gasteiger partial charge is 0.383 e. The number of likely N-dealkylation sites (tertiary alicyclic amines) is 2. The summed E-state index contributed by atoms with van der Waals surface area (Å²) in [5.41, 5.74) is 0. The Balaban J connectivity index is 1.54. The molecule has 1 unspecified atom stereocenters. The molecular formula is C21H38N6O2. The van der Waals surface area contributed by atoms with Crippen molar-refractivity contribution >= 4 is 5.91 Å². The number of piperidine rings is 1. The third-order valence-electron chi connectivity index (χ3n) is 6.51. The first-order chi connectivity index (χ1) is 14.2. The third-order valence-corrected chi connectivity index (χ3v) is 6.51. The summed E-state index contributed by atoms with van der Waals surface area (Å²) in [4.78, 5) is 24.3. The lowest BCUT2D eigenvalue weighted by molar-refractivity contribution is -0.133. The van der Waals surface area contributed by atoms with E-state index in [0.29, 0.717) is 24.9 Å². The van der Waals surface area contributed by atoms with E-state index in [9.17, 15) is 4.79 Å². The molecule has 0 radical (unpaired) electrons. The summed E-state index contributed by atoms with van der Waals surface area (Å²) in [6.45, 7) is 10.9. The summed E-state index contributed by atoms with van der Waals surface area (Å²) in [5, 5.41) is 4.14. The van der Waals surface area contributed by atoms with Crippen LogP contribution in [0.1, 0.15) is 39.0 Å². The minimum absolute atomic E-state index is 0.255. The van der Waals surface area contributed by atoms with Gasteiger partial charge in [0.15, 0.2) is 0 Å². The Labute approximate surface area is 175 Å². The van der Waals surface area contributed by atoms with Crippen LogP contribution in [-0.4, -0.2) is 101 Å². The van der Waals surface area contributed by atoms with Gasteiger partial charge in [-0.1, -0.05) is 6.92 Å². The van der Waals surface area contributed by atoms with Gasteiger partial charge in [-0.15, -0.1) is 0 Å². The minimum atomic E-state index is 0.255. The van der Waals surface area contributed by atoms with Gasteiger partial charge >= 0.3 is 0 Å². The summed E-state index contributed by atoms with van der Waals surface area (Å²) < 4.78 is 6.96. The molecule has 2 aliphatic rings. The number of rotatable bonds is 11. The maximum Gasteiger partial charge on any atom is 0.224 e. The fourth-order valence-electron chi connectivity index (χ4n) is 4.69. The molecule has 1 amide bonds. The van der Waals surface area contributed by atoms with Crippen molar-refractivity contribution in [2.75, 3.05) is 59.5 Å². The standard InChI is InChI=1S/C21H38N6O2/c1-3-25-9-4-5-20(25)16-26(21(28)8-12-27-18-22-17-23-27)15-19-6-10-24(11-7-19)13-14-29-2/h17-20H,3-16H2,1-2H3. The smallest absolute Gasteiger partial charge is 0.224 e. The fraction of sp³-hybridized carbons (Fsp3) is 0.857. The van der Waals surface area contributed by atoms with Crippen molar-refractivity contribution in [3.05, 3.63) is 12.7 Å². The molecule has 0 bridgehead atoms. The number of amides is 1. The zero-order chi connectivity index (χ0) is 20.5. The summed E-state index contributed by atoms with van der Waals surface area (Å²) in [6.07, 6.45) is 8.49. The van der Waals surface area contributed by atoms with Gasteiger partial charge in [0.05, 0.1) is 13.2 Å². The average Bonchev–Trinajstić information content (AvgIpc) is 3.42. The van der Waals surface area contributed by atoms with Crippen molar-refractivity contribution in [3.8, 4) is 0 Å². The highest BCUT2D eigenvalue weighted by molar-refractivity contribution is 5.76. The Morgan fingerprint density at radius 1 is 1.17 bits per heavy atom. The molecule has 2 fully saturated rings. The van der Waals surface area contributed by atoms with Gasteiger partial charge in [-0.05, 0) is 57.8 Å². The molecule has 2 aliphatic heterocycles. The molecule has 8 nitrogen and oxygen atoms in total. The van der Waals surface area contributed by atoms with Crippen LogP contribution in [0.3, 0.4) is 0 Å². The number of carbonyl (C=O) groups excluding carboxylic acids is 1. The Kier molecular flexibility index (Phi) is 8.89. The number of hydrogen-bond donors (Lipinski definition) is 0. The maximum atomic E-state index is 13.1. The first kappa shape index (κ1) is 22.2. The van der Waals surface area contributed by atoms with Gasteiger partial charge < -0.3 is 14.5 Å². The van der Waals surface area contributed by atoms with Crippen LogP contribution in [0.4, 0.5) is 0 Å². The van der Waals surface area contributed by atoms with E-state index in [0.717, 1.165) is 45.9 Å². The number of ether oxygens (including phenoxy) is 1. The van der Waals surface area contributed by atoms with Crippen LogP contribution in [0.5, 0.6) is 0 Å². The lowest BCUT2D eigenvalue weighted by atomic mass is 9.95. The van der Waals surface area contributed by atoms with Crippen molar-refractivity contribution in [3.63, 3.8) is 0 Å². The number of methoxy groups -OCH3 is 1. The van der Waals surface area contributed by atoms with Crippen LogP contribution >= 0.6 is 0 Å². The van der Waals surface area contributed by atoms with Gasteiger partial charge in [0.1, 0.15) is 12.7 Å². The van der Waals surface area contributed by atoms with Gasteiger partial charge in [-0.3, -0.25) is 14.4 Å². The van der Waals surface area contributed by atoms with Gasteiger partial charge in [0, 0.05) is 39.2 Å². The third kappa shape index (κ3) is 6.76. The van der Waals surface area contributed by atoms with E-state index in [1.54, 1.807) is 18.1 Å². The lowest BCUT2D eigenvalue weighted by Crippen LogP contribution is -2.47. The zero-order valence-electron chi connectivity index (χ0n) is 18.2. The predicted octanol–water partition coefficient (Wildman–Crippen LogP) is 1.34. The summed E-state index contributed by atoms with van der Waals surface area (Å²) in [6, 6.07) is 0.511. The number of nitrogens with zero attached hydrogens (tertiary/aromatic N) is 6. The fourth-order valence-corrected chi connectivity index (χ4v) is 4.69. The molecule has 1 atom stereocenters. The van der Waals surface area contributed by atoms with E-state index in [1.165, 1.54) is 38.6 Å². The van der Waals surface area contributed by atoms with E-state index >= 15 is 0 Å². The molecule has 3 heterocycles. The summed E-state index contributed by atoms with van der Waals surface area (Å²) >= 11 is 0. The Morgan fingerprint density at radius 2 is 2.00 bits per heavy atom. The second kappa shape index (κ2) is 11.6. The second-order valence-corrected chi connectivity index (χ2v) is 8.41. The van der Waals surface area contributed by atoms with Gasteiger partial charge in [0.2, 0.25) is 5.91 Å². The van der Waals surface area contributed by atoms with Crippen molar-refractivity contribution in [1.29, 1.82) is 0 Å². The Hall–Kier alpha value is -1.51. The predicted molar refractivity (Wildman–Crippen MR) is 113 cm³/mol. The molecule has 0 spiro atoms. The minimum Gasteiger partial charge on any atom is -0.383 e. The molecule has 0 aliphatic carbocycles. The number of aromatic nitrogens is 3. The molecule has 2 saturated heterocycles. The van der Waals surface area contributed by atoms with E-state index in [-0.39, 0.29) is 5.91 Å². The molecule has 0 aromatic carbocycles. The van der Waals surface area contributed by atoms with E-state index in [2.05, 4.69) is 31.7 Å². The Bertz CT molecular complexity index is 588. The van der Waals surface area contributed by atoms with Crippen LogP contribution in [0, 0.1) is 5.92 Å². The molecule has 3 rings (SSSR count). The number of hydrogen-bond acceptors (Lipinski definition) is 6. The maximum absolute atomic E-state index is 13.1. The van der Waals surface area contributed by atoms with Crippen molar-refractivity contribution in [2.24, 2.45) is 5.92 Å². The monoisotopic (exact) mass is 406 g/mol. The van der Waals surface area contributed by atoms with E-state index in [4.69, 9.17) is 4.74 Å². The SMILES string of the molecule is CCN1CCCC1CN(CC1CCN(CCOC)CC1)C(=O)CCn1cncn1.